The normalized spacial score (nSPS) is 14.7. The molecule has 0 saturated carbocycles. The largest absolute Gasteiger partial charge is 0.494 e. The zero-order valence-electron chi connectivity index (χ0n) is 14.2. The number of ether oxygens (including phenoxy) is 1. The first-order valence-electron chi connectivity index (χ1n) is 8.41. The molecule has 26 heavy (non-hydrogen) atoms. The highest BCUT2D eigenvalue weighted by atomic mass is 32.2. The Morgan fingerprint density at radius 3 is 2.69 bits per heavy atom. The molecule has 7 heteroatoms. The third kappa shape index (κ3) is 3.84. The van der Waals surface area contributed by atoms with E-state index >= 15 is 0 Å². The Hall–Kier alpha value is -1.70. The van der Waals surface area contributed by atoms with Crippen LogP contribution in [-0.2, 0) is 0 Å². The Labute approximate surface area is 164 Å². The third-order valence-electron chi connectivity index (χ3n) is 3.96. The molecule has 1 aromatic heterocycles. The van der Waals surface area contributed by atoms with Crippen LogP contribution in [0.25, 0.3) is 10.2 Å². The van der Waals surface area contributed by atoms with E-state index in [1.165, 1.54) is 28.4 Å². The maximum atomic E-state index is 12.5. The second-order valence-electron chi connectivity index (χ2n) is 5.73. The summed E-state index contributed by atoms with van der Waals surface area (Å²) < 4.78 is 7.01. The summed E-state index contributed by atoms with van der Waals surface area (Å²) in [5.41, 5.74) is 2.79. The van der Waals surface area contributed by atoms with Crippen molar-refractivity contribution in [3.05, 3.63) is 53.6 Å². The molecule has 2 heterocycles. The zero-order valence-corrected chi connectivity index (χ0v) is 16.7. The number of hydrogen-bond donors (Lipinski definition) is 1. The van der Waals surface area contributed by atoms with Crippen LogP contribution in [0, 0.1) is 0 Å². The number of thioether (sulfide) groups is 2. The van der Waals surface area contributed by atoms with Crippen molar-refractivity contribution in [2.24, 2.45) is 0 Å². The summed E-state index contributed by atoms with van der Waals surface area (Å²) >= 11 is 5.38. The summed E-state index contributed by atoms with van der Waals surface area (Å²) in [5, 5.41) is 3.51. The molecule has 2 aromatic carbocycles. The van der Waals surface area contributed by atoms with Gasteiger partial charge in [-0.25, -0.2) is 4.98 Å². The second kappa shape index (κ2) is 7.90. The maximum absolute atomic E-state index is 12.5. The molecular formula is C19H18N2O2S3. The van der Waals surface area contributed by atoms with E-state index in [-0.39, 0.29) is 5.91 Å². The lowest BCUT2D eigenvalue weighted by atomic mass is 10.1. The number of carbonyl (C=O) groups excluding carboxylic acids is 1. The van der Waals surface area contributed by atoms with Gasteiger partial charge >= 0.3 is 0 Å². The molecule has 0 spiro atoms. The summed E-state index contributed by atoms with van der Waals surface area (Å²) in [6, 6.07) is 13.7. The van der Waals surface area contributed by atoms with Gasteiger partial charge in [0.25, 0.3) is 5.91 Å². The predicted molar refractivity (Wildman–Crippen MR) is 113 cm³/mol. The number of nitrogens with one attached hydrogen (secondary N) is 1. The highest BCUT2D eigenvalue weighted by molar-refractivity contribution is 8.19. The number of carbonyl (C=O) groups is 1. The Balaban J connectivity index is 1.47. The lowest BCUT2D eigenvalue weighted by Crippen LogP contribution is -2.11. The molecular weight excluding hydrogens is 384 g/mol. The number of thiazole rings is 1. The topological polar surface area (TPSA) is 51.2 Å². The van der Waals surface area contributed by atoms with Crippen LogP contribution in [-0.4, -0.2) is 29.0 Å². The fraction of sp³-hybridized carbons (Fsp3) is 0.263. The molecule has 1 saturated heterocycles. The van der Waals surface area contributed by atoms with Crippen LogP contribution in [0.2, 0.25) is 0 Å². The van der Waals surface area contributed by atoms with Crippen molar-refractivity contribution in [1.29, 1.82) is 0 Å². The lowest BCUT2D eigenvalue weighted by Gasteiger charge is -2.09. The number of aromatic nitrogens is 1. The SMILES string of the molecule is CCOc1ccc2nc(NC(=O)c3ccc(C4SCCS4)cc3)sc2c1. The number of amides is 1. The fourth-order valence-electron chi connectivity index (χ4n) is 2.73. The van der Waals surface area contributed by atoms with Crippen molar-refractivity contribution in [3.63, 3.8) is 0 Å². The van der Waals surface area contributed by atoms with Gasteiger partial charge in [0.05, 0.1) is 21.4 Å². The van der Waals surface area contributed by atoms with Gasteiger partial charge in [0.1, 0.15) is 5.75 Å². The van der Waals surface area contributed by atoms with Crippen molar-refractivity contribution in [3.8, 4) is 5.75 Å². The Morgan fingerprint density at radius 1 is 1.19 bits per heavy atom. The number of anilines is 1. The minimum Gasteiger partial charge on any atom is -0.494 e. The molecule has 0 unspecified atom stereocenters. The average molecular weight is 403 g/mol. The molecule has 0 atom stereocenters. The summed E-state index contributed by atoms with van der Waals surface area (Å²) in [6.45, 7) is 2.58. The van der Waals surface area contributed by atoms with Crippen LogP contribution >= 0.6 is 34.9 Å². The minimum absolute atomic E-state index is 0.132. The van der Waals surface area contributed by atoms with Gasteiger partial charge in [-0.05, 0) is 42.8 Å². The average Bonchev–Trinajstić information content (AvgIpc) is 3.31. The molecule has 0 radical (unpaired) electrons. The first-order valence-corrected chi connectivity index (χ1v) is 11.3. The van der Waals surface area contributed by atoms with E-state index in [4.69, 9.17) is 4.74 Å². The van der Waals surface area contributed by atoms with Gasteiger partial charge in [-0.3, -0.25) is 10.1 Å². The van der Waals surface area contributed by atoms with Crippen molar-refractivity contribution < 1.29 is 9.53 Å². The summed E-state index contributed by atoms with van der Waals surface area (Å²) in [7, 11) is 0. The molecule has 1 N–H and O–H groups in total. The van der Waals surface area contributed by atoms with E-state index in [0.29, 0.717) is 21.9 Å². The van der Waals surface area contributed by atoms with Gasteiger partial charge in [0, 0.05) is 17.1 Å². The number of fused-ring (bicyclic) bond motifs is 1. The third-order valence-corrected chi connectivity index (χ3v) is 8.00. The van der Waals surface area contributed by atoms with Crippen molar-refractivity contribution in [1.82, 2.24) is 4.98 Å². The quantitative estimate of drug-likeness (QED) is 0.617. The van der Waals surface area contributed by atoms with Crippen LogP contribution in [0.15, 0.2) is 42.5 Å². The number of hydrogen-bond acceptors (Lipinski definition) is 6. The molecule has 134 valence electrons. The Kier molecular flexibility index (Phi) is 5.38. The van der Waals surface area contributed by atoms with Gasteiger partial charge in [-0.2, -0.15) is 0 Å². The lowest BCUT2D eigenvalue weighted by molar-refractivity contribution is 0.102. The molecule has 1 aliphatic rings. The highest BCUT2D eigenvalue weighted by Crippen LogP contribution is 2.45. The number of benzene rings is 2. The van der Waals surface area contributed by atoms with Gasteiger partial charge in [0.15, 0.2) is 5.13 Å². The molecule has 4 nitrogen and oxygen atoms in total. The van der Waals surface area contributed by atoms with E-state index < -0.39 is 0 Å². The molecule has 1 amide bonds. The first-order chi connectivity index (χ1) is 12.7. The van der Waals surface area contributed by atoms with Crippen LogP contribution in [0.4, 0.5) is 5.13 Å². The standard InChI is InChI=1S/C19H18N2O2S3/c1-2-23-14-7-8-15-16(11-14)26-19(20-15)21-17(22)12-3-5-13(6-4-12)18-24-9-10-25-18/h3-8,11,18H,2,9-10H2,1H3,(H,20,21,22). The summed E-state index contributed by atoms with van der Waals surface area (Å²) in [6.07, 6.45) is 0. The maximum Gasteiger partial charge on any atom is 0.257 e. The number of rotatable bonds is 5. The molecule has 1 fully saturated rings. The molecule has 1 aliphatic heterocycles. The first kappa shape index (κ1) is 17.7. The van der Waals surface area contributed by atoms with Crippen molar-refractivity contribution in [2.75, 3.05) is 23.4 Å². The van der Waals surface area contributed by atoms with E-state index in [1.54, 1.807) is 0 Å². The van der Waals surface area contributed by atoms with Crippen molar-refractivity contribution >= 4 is 56.1 Å². The number of nitrogens with zero attached hydrogens (tertiary/aromatic N) is 1. The monoisotopic (exact) mass is 402 g/mol. The second-order valence-corrected chi connectivity index (χ2v) is 9.49. The van der Waals surface area contributed by atoms with Gasteiger partial charge < -0.3 is 4.74 Å². The summed E-state index contributed by atoms with van der Waals surface area (Å²) in [5.74, 6) is 3.08. The molecule has 3 aromatic rings. The zero-order chi connectivity index (χ0) is 17.9. The Bertz CT molecular complexity index is 918. The van der Waals surface area contributed by atoms with Crippen LogP contribution in [0.1, 0.15) is 27.4 Å². The van der Waals surface area contributed by atoms with Crippen LogP contribution < -0.4 is 10.1 Å². The van der Waals surface area contributed by atoms with Crippen LogP contribution in [0.5, 0.6) is 5.75 Å². The smallest absolute Gasteiger partial charge is 0.257 e. The Morgan fingerprint density at radius 2 is 1.96 bits per heavy atom. The van der Waals surface area contributed by atoms with Gasteiger partial charge in [-0.15, -0.1) is 23.5 Å². The van der Waals surface area contributed by atoms with Gasteiger partial charge in [0.2, 0.25) is 0 Å². The van der Waals surface area contributed by atoms with E-state index in [0.717, 1.165) is 16.0 Å². The van der Waals surface area contributed by atoms with Crippen LogP contribution in [0.3, 0.4) is 0 Å². The molecule has 4 rings (SSSR count). The fourth-order valence-corrected chi connectivity index (χ4v) is 6.48. The van der Waals surface area contributed by atoms with Crippen molar-refractivity contribution in [2.45, 2.75) is 11.5 Å². The summed E-state index contributed by atoms with van der Waals surface area (Å²) in [4.78, 5) is 17.0. The van der Waals surface area contributed by atoms with E-state index in [2.05, 4.69) is 22.4 Å². The highest BCUT2D eigenvalue weighted by Gasteiger charge is 2.18. The van der Waals surface area contributed by atoms with E-state index in [9.17, 15) is 4.79 Å². The van der Waals surface area contributed by atoms with E-state index in [1.807, 2.05) is 60.8 Å². The molecule has 0 aliphatic carbocycles. The minimum atomic E-state index is -0.132. The van der Waals surface area contributed by atoms with Gasteiger partial charge in [-0.1, -0.05) is 23.5 Å². The predicted octanol–water partition coefficient (Wildman–Crippen LogP) is 5.43. The molecule has 0 bridgehead atoms.